The van der Waals surface area contributed by atoms with E-state index in [1.165, 1.54) is 0 Å². The molecule has 1 aromatic heterocycles. The molecule has 22 heavy (non-hydrogen) atoms. The van der Waals surface area contributed by atoms with Crippen molar-refractivity contribution in [2.45, 2.75) is 6.54 Å². The third-order valence-corrected chi connectivity index (χ3v) is 3.70. The zero-order valence-electron chi connectivity index (χ0n) is 11.6. The number of carbonyl (C=O) groups is 1. The Labute approximate surface area is 136 Å². The van der Waals surface area contributed by atoms with Gasteiger partial charge in [0.1, 0.15) is 0 Å². The van der Waals surface area contributed by atoms with Gasteiger partial charge in [-0.1, -0.05) is 63.6 Å². The van der Waals surface area contributed by atoms with Crippen LogP contribution >= 0.6 is 15.9 Å². The van der Waals surface area contributed by atoms with E-state index in [1.807, 2.05) is 54.6 Å². The van der Waals surface area contributed by atoms with Crippen molar-refractivity contribution in [1.29, 1.82) is 0 Å². The second kappa shape index (κ2) is 6.58. The molecule has 0 bridgehead atoms. The number of aromatic nitrogens is 1. The van der Waals surface area contributed by atoms with Crippen molar-refractivity contribution >= 4 is 21.8 Å². The molecule has 0 aliphatic rings. The summed E-state index contributed by atoms with van der Waals surface area (Å²) < 4.78 is 6.22. The summed E-state index contributed by atoms with van der Waals surface area (Å²) in [6.07, 6.45) is 0. The van der Waals surface area contributed by atoms with Crippen LogP contribution in [0.25, 0.3) is 11.3 Å². The molecule has 0 spiro atoms. The summed E-state index contributed by atoms with van der Waals surface area (Å²) in [5.74, 6) is 0.313. The molecule has 0 saturated carbocycles. The molecule has 1 amide bonds. The maximum atomic E-state index is 12.1. The molecule has 1 N–H and O–H groups in total. The maximum absolute atomic E-state index is 12.1. The van der Waals surface area contributed by atoms with Crippen LogP contribution in [0.4, 0.5) is 0 Å². The molecule has 2 aromatic carbocycles. The first kappa shape index (κ1) is 14.5. The van der Waals surface area contributed by atoms with Crippen molar-refractivity contribution in [2.24, 2.45) is 0 Å². The summed E-state index contributed by atoms with van der Waals surface area (Å²) in [6.45, 7) is 0.458. The molecule has 4 nitrogen and oxygen atoms in total. The second-order valence-corrected chi connectivity index (χ2v) is 5.67. The molecule has 0 aliphatic heterocycles. The minimum Gasteiger partial charge on any atom is -0.355 e. The van der Waals surface area contributed by atoms with E-state index < -0.39 is 0 Å². The Morgan fingerprint density at radius 3 is 2.55 bits per heavy atom. The molecule has 0 atom stereocenters. The fraction of sp³-hybridized carbons (Fsp3) is 0.0588. The van der Waals surface area contributed by atoms with Crippen molar-refractivity contribution in [1.82, 2.24) is 10.5 Å². The van der Waals surface area contributed by atoms with E-state index in [1.54, 1.807) is 6.07 Å². The Hall–Kier alpha value is -2.40. The average Bonchev–Trinajstić information content (AvgIpc) is 3.04. The smallest absolute Gasteiger partial charge is 0.273 e. The predicted octanol–water partition coefficient (Wildman–Crippen LogP) is 4.03. The molecule has 3 rings (SSSR count). The molecular formula is C17H13BrN2O2. The molecule has 110 valence electrons. The Morgan fingerprint density at radius 2 is 1.82 bits per heavy atom. The van der Waals surface area contributed by atoms with Gasteiger partial charge in [-0.2, -0.15) is 0 Å². The lowest BCUT2D eigenvalue weighted by atomic mass is 10.1. The van der Waals surface area contributed by atoms with Crippen LogP contribution in [0.5, 0.6) is 0 Å². The highest BCUT2D eigenvalue weighted by atomic mass is 79.9. The molecule has 0 aliphatic carbocycles. The highest BCUT2D eigenvalue weighted by molar-refractivity contribution is 9.10. The summed E-state index contributed by atoms with van der Waals surface area (Å²) in [7, 11) is 0. The number of hydrogen-bond acceptors (Lipinski definition) is 3. The highest BCUT2D eigenvalue weighted by Crippen LogP contribution is 2.22. The van der Waals surface area contributed by atoms with E-state index >= 15 is 0 Å². The lowest BCUT2D eigenvalue weighted by Gasteiger charge is -2.02. The van der Waals surface area contributed by atoms with E-state index in [2.05, 4.69) is 26.4 Å². The summed E-state index contributed by atoms with van der Waals surface area (Å²) in [5.41, 5.74) is 2.18. The Morgan fingerprint density at radius 1 is 1.09 bits per heavy atom. The number of halogens is 1. The third kappa shape index (κ3) is 3.43. The van der Waals surface area contributed by atoms with E-state index in [0.717, 1.165) is 15.6 Å². The van der Waals surface area contributed by atoms with Gasteiger partial charge in [-0.25, -0.2) is 0 Å². The molecule has 0 fully saturated rings. The Balaban J connectivity index is 1.68. The number of nitrogens with zero attached hydrogens (tertiary/aromatic N) is 1. The predicted molar refractivity (Wildman–Crippen MR) is 87.3 cm³/mol. The third-order valence-electron chi connectivity index (χ3n) is 3.17. The number of hydrogen-bond donors (Lipinski definition) is 1. The van der Waals surface area contributed by atoms with Crippen LogP contribution < -0.4 is 5.32 Å². The first-order valence-corrected chi connectivity index (χ1v) is 7.56. The zero-order valence-corrected chi connectivity index (χ0v) is 13.2. The molecule has 3 aromatic rings. The quantitative estimate of drug-likeness (QED) is 0.767. The maximum Gasteiger partial charge on any atom is 0.273 e. The van der Waals surface area contributed by atoms with Gasteiger partial charge < -0.3 is 9.84 Å². The van der Waals surface area contributed by atoms with E-state index in [4.69, 9.17) is 4.52 Å². The van der Waals surface area contributed by atoms with Crippen LogP contribution in [0.3, 0.4) is 0 Å². The van der Waals surface area contributed by atoms with Gasteiger partial charge in [0.05, 0.1) is 0 Å². The minimum atomic E-state index is -0.254. The van der Waals surface area contributed by atoms with Gasteiger partial charge in [0.2, 0.25) is 0 Å². The minimum absolute atomic E-state index is 0.254. The van der Waals surface area contributed by atoms with Crippen molar-refractivity contribution < 1.29 is 9.32 Å². The number of carbonyl (C=O) groups excluding carboxylic acids is 1. The van der Waals surface area contributed by atoms with Crippen molar-refractivity contribution in [3.8, 4) is 11.3 Å². The number of benzene rings is 2. The van der Waals surface area contributed by atoms with Gasteiger partial charge >= 0.3 is 0 Å². The summed E-state index contributed by atoms with van der Waals surface area (Å²) in [5, 5.41) is 6.65. The standard InChI is InChI=1S/C17H13BrN2O2/c18-14-8-6-13(7-9-14)16-10-15(20-22-16)17(21)19-11-12-4-2-1-3-5-12/h1-10H,11H2,(H,19,21). The molecule has 5 heteroatoms. The SMILES string of the molecule is O=C(NCc1ccccc1)c1cc(-c2ccc(Br)cc2)on1. The van der Waals surface area contributed by atoms with E-state index in [-0.39, 0.29) is 11.6 Å². The first-order chi connectivity index (χ1) is 10.7. The fourth-order valence-corrected chi connectivity index (χ4v) is 2.27. The van der Waals surface area contributed by atoms with E-state index in [0.29, 0.717) is 12.3 Å². The zero-order chi connectivity index (χ0) is 15.4. The van der Waals surface area contributed by atoms with E-state index in [9.17, 15) is 4.79 Å². The summed E-state index contributed by atoms with van der Waals surface area (Å²) in [4.78, 5) is 12.1. The number of rotatable bonds is 4. The second-order valence-electron chi connectivity index (χ2n) is 4.75. The normalized spacial score (nSPS) is 10.4. The van der Waals surface area contributed by atoms with Gasteiger partial charge in [-0.3, -0.25) is 4.79 Å². The van der Waals surface area contributed by atoms with Crippen LogP contribution in [-0.2, 0) is 6.54 Å². The molecule has 1 heterocycles. The molecule has 0 radical (unpaired) electrons. The van der Waals surface area contributed by atoms with Gasteiger partial charge in [-0.15, -0.1) is 0 Å². The van der Waals surface area contributed by atoms with Crippen molar-refractivity contribution in [3.63, 3.8) is 0 Å². The largest absolute Gasteiger partial charge is 0.355 e. The van der Waals surface area contributed by atoms with Gasteiger partial charge in [0, 0.05) is 22.6 Å². The lowest BCUT2D eigenvalue weighted by molar-refractivity contribution is 0.0942. The molecule has 0 unspecified atom stereocenters. The Bertz CT molecular complexity index is 767. The topological polar surface area (TPSA) is 55.1 Å². The number of amides is 1. The van der Waals surface area contributed by atoms with Crippen molar-refractivity contribution in [2.75, 3.05) is 0 Å². The summed E-state index contributed by atoms with van der Waals surface area (Å²) in [6, 6.07) is 19.0. The highest BCUT2D eigenvalue weighted by Gasteiger charge is 2.13. The fourth-order valence-electron chi connectivity index (χ4n) is 2.00. The van der Waals surface area contributed by atoms with Crippen LogP contribution in [0.2, 0.25) is 0 Å². The molecular weight excluding hydrogens is 344 g/mol. The monoisotopic (exact) mass is 356 g/mol. The lowest BCUT2D eigenvalue weighted by Crippen LogP contribution is -2.22. The molecule has 0 saturated heterocycles. The van der Waals surface area contributed by atoms with Crippen LogP contribution in [-0.4, -0.2) is 11.1 Å². The average molecular weight is 357 g/mol. The van der Waals surface area contributed by atoms with Crippen LogP contribution in [0, 0.1) is 0 Å². The van der Waals surface area contributed by atoms with Gasteiger partial charge in [0.15, 0.2) is 11.5 Å². The number of nitrogens with one attached hydrogen (secondary N) is 1. The summed E-state index contributed by atoms with van der Waals surface area (Å²) >= 11 is 3.38. The van der Waals surface area contributed by atoms with Gasteiger partial charge in [0.25, 0.3) is 5.91 Å². The Kier molecular flexibility index (Phi) is 4.34. The van der Waals surface area contributed by atoms with Crippen molar-refractivity contribution in [3.05, 3.63) is 76.4 Å². The first-order valence-electron chi connectivity index (χ1n) is 6.77. The van der Waals surface area contributed by atoms with Crippen LogP contribution in [0.1, 0.15) is 16.1 Å². The van der Waals surface area contributed by atoms with Gasteiger partial charge in [-0.05, 0) is 17.7 Å². The van der Waals surface area contributed by atoms with Crippen LogP contribution in [0.15, 0.2) is 69.7 Å².